The quantitative estimate of drug-likeness (QED) is 0.681. The zero-order chi connectivity index (χ0) is 16.6. The topological polar surface area (TPSA) is 71.8 Å². The molecule has 0 aromatic carbocycles. The largest absolute Gasteiger partial charge is 0.437 e. The molecule has 0 saturated carbocycles. The number of nitrogens with one attached hydrogen (secondary N) is 1. The molecular weight excluding hydrogens is 331 g/mol. The molecule has 1 N–H and O–H groups in total. The number of thioether (sulfide) groups is 1. The van der Waals surface area contributed by atoms with Crippen molar-refractivity contribution in [1.82, 2.24) is 15.1 Å². The number of rotatable bonds is 4. The first-order chi connectivity index (χ1) is 10.9. The van der Waals surface area contributed by atoms with Gasteiger partial charge in [-0.2, -0.15) is 13.2 Å². The second-order valence-corrected chi connectivity index (χ2v) is 6.19. The monoisotopic (exact) mass is 345 g/mol. The summed E-state index contributed by atoms with van der Waals surface area (Å²) in [6, 6.07) is 0. The summed E-state index contributed by atoms with van der Waals surface area (Å²) >= 11 is 1.05. The van der Waals surface area contributed by atoms with Gasteiger partial charge in [-0.25, -0.2) is 4.98 Å². The average molecular weight is 345 g/mol. The first kappa shape index (κ1) is 16.1. The highest BCUT2D eigenvalue weighted by molar-refractivity contribution is 7.98. The summed E-state index contributed by atoms with van der Waals surface area (Å²) in [5.41, 5.74) is 0.225. The molecule has 2 aromatic heterocycles. The zero-order valence-corrected chi connectivity index (χ0v) is 13.1. The lowest BCUT2D eigenvalue weighted by Crippen LogP contribution is -2.15. The first-order valence-corrected chi connectivity index (χ1v) is 8.18. The number of H-pyrrole nitrogens is 1. The number of aromatic nitrogens is 3. The van der Waals surface area contributed by atoms with E-state index in [0.29, 0.717) is 23.6 Å². The standard InChI is InChI=1S/C14H14F3N3O2S/c1-2-10-8(11(20-22-10)14(15,16)17)6-23-13-18-9-5-3-4-7(9)12(21)19-13/h2-6H2,1H3,(H,18,19,21). The van der Waals surface area contributed by atoms with Crippen LogP contribution < -0.4 is 5.56 Å². The Hall–Kier alpha value is -1.77. The van der Waals surface area contributed by atoms with Gasteiger partial charge in [0, 0.05) is 23.3 Å². The fourth-order valence-electron chi connectivity index (χ4n) is 2.62. The third kappa shape index (κ3) is 3.15. The molecule has 2 aromatic rings. The lowest BCUT2D eigenvalue weighted by Gasteiger charge is -2.07. The summed E-state index contributed by atoms with van der Waals surface area (Å²) in [4.78, 5) is 18.9. The van der Waals surface area contributed by atoms with Crippen LogP contribution in [0.5, 0.6) is 0 Å². The molecule has 23 heavy (non-hydrogen) atoms. The number of fused-ring (bicyclic) bond motifs is 1. The van der Waals surface area contributed by atoms with E-state index >= 15 is 0 Å². The molecule has 9 heteroatoms. The summed E-state index contributed by atoms with van der Waals surface area (Å²) in [6.07, 6.45) is -1.94. The van der Waals surface area contributed by atoms with Crippen LogP contribution in [0.4, 0.5) is 13.2 Å². The maximum atomic E-state index is 13.0. The fraction of sp³-hybridized carbons (Fsp3) is 0.500. The van der Waals surface area contributed by atoms with Crippen molar-refractivity contribution in [3.8, 4) is 0 Å². The third-order valence-corrected chi connectivity index (χ3v) is 4.63. The minimum absolute atomic E-state index is 0.00754. The predicted octanol–water partition coefficient (Wildman–Crippen LogP) is 3.12. The molecule has 0 unspecified atom stereocenters. The van der Waals surface area contributed by atoms with Gasteiger partial charge in [0.2, 0.25) is 0 Å². The molecule has 2 heterocycles. The van der Waals surface area contributed by atoms with Crippen LogP contribution in [-0.2, 0) is 31.2 Å². The SMILES string of the molecule is CCc1onc(C(F)(F)F)c1CSc1nc2c(c(=O)[nH]1)CCC2. The second kappa shape index (κ2) is 6.03. The molecule has 0 bridgehead atoms. The molecule has 0 aliphatic heterocycles. The van der Waals surface area contributed by atoms with Crippen molar-refractivity contribution in [2.75, 3.05) is 0 Å². The van der Waals surface area contributed by atoms with Crippen molar-refractivity contribution >= 4 is 11.8 Å². The van der Waals surface area contributed by atoms with E-state index in [2.05, 4.69) is 15.1 Å². The molecule has 3 rings (SSSR count). The van der Waals surface area contributed by atoms with Gasteiger partial charge in [0.25, 0.3) is 5.56 Å². The highest BCUT2D eigenvalue weighted by Crippen LogP contribution is 2.35. The normalized spacial score (nSPS) is 14.3. The predicted molar refractivity (Wildman–Crippen MR) is 77.3 cm³/mol. The highest BCUT2D eigenvalue weighted by Gasteiger charge is 2.39. The Morgan fingerprint density at radius 3 is 2.83 bits per heavy atom. The Labute approximate surface area is 133 Å². The van der Waals surface area contributed by atoms with E-state index < -0.39 is 11.9 Å². The number of halogens is 3. The minimum atomic E-state index is -4.56. The lowest BCUT2D eigenvalue weighted by atomic mass is 10.2. The van der Waals surface area contributed by atoms with E-state index in [1.54, 1.807) is 6.92 Å². The number of aromatic amines is 1. The van der Waals surface area contributed by atoms with Gasteiger partial charge in [0.1, 0.15) is 5.76 Å². The van der Waals surface area contributed by atoms with Gasteiger partial charge in [-0.3, -0.25) is 4.79 Å². The summed E-state index contributed by atoms with van der Waals surface area (Å²) in [6.45, 7) is 1.70. The number of hydrogen-bond donors (Lipinski definition) is 1. The third-order valence-electron chi connectivity index (χ3n) is 3.73. The smallest absolute Gasteiger partial charge is 0.360 e. The van der Waals surface area contributed by atoms with Gasteiger partial charge in [-0.1, -0.05) is 23.8 Å². The van der Waals surface area contributed by atoms with Crippen molar-refractivity contribution in [1.29, 1.82) is 0 Å². The summed E-state index contributed by atoms with van der Waals surface area (Å²) in [7, 11) is 0. The maximum absolute atomic E-state index is 13.0. The summed E-state index contributed by atoms with van der Waals surface area (Å²) in [5.74, 6) is 0.191. The Kier molecular flexibility index (Phi) is 4.22. The van der Waals surface area contributed by atoms with Crippen LogP contribution in [0.1, 0.15) is 41.6 Å². The average Bonchev–Trinajstić information content (AvgIpc) is 3.10. The van der Waals surface area contributed by atoms with Gasteiger partial charge >= 0.3 is 6.18 Å². The molecule has 5 nitrogen and oxygen atoms in total. The molecular formula is C14H14F3N3O2S. The van der Waals surface area contributed by atoms with E-state index in [1.807, 2.05) is 0 Å². The van der Waals surface area contributed by atoms with Crippen molar-refractivity contribution in [3.05, 3.63) is 38.6 Å². The van der Waals surface area contributed by atoms with Crippen molar-refractivity contribution < 1.29 is 17.7 Å². The molecule has 0 radical (unpaired) electrons. The van der Waals surface area contributed by atoms with Crippen LogP contribution in [0.3, 0.4) is 0 Å². The summed E-state index contributed by atoms with van der Waals surface area (Å²) in [5, 5.41) is 3.47. The first-order valence-electron chi connectivity index (χ1n) is 7.19. The molecule has 1 aliphatic rings. The molecule has 0 amide bonds. The van der Waals surface area contributed by atoms with Gasteiger partial charge in [0.15, 0.2) is 10.9 Å². The molecule has 0 saturated heterocycles. The molecule has 0 fully saturated rings. The Morgan fingerprint density at radius 2 is 2.13 bits per heavy atom. The van der Waals surface area contributed by atoms with E-state index in [-0.39, 0.29) is 22.6 Å². The van der Waals surface area contributed by atoms with Crippen LogP contribution in [0.2, 0.25) is 0 Å². The second-order valence-electron chi connectivity index (χ2n) is 5.22. The molecule has 0 atom stereocenters. The molecule has 0 spiro atoms. The number of alkyl halides is 3. The van der Waals surface area contributed by atoms with E-state index in [1.165, 1.54) is 0 Å². The van der Waals surface area contributed by atoms with E-state index in [9.17, 15) is 18.0 Å². The van der Waals surface area contributed by atoms with Gasteiger partial charge < -0.3 is 9.51 Å². The van der Waals surface area contributed by atoms with Gasteiger partial charge in [0.05, 0.1) is 5.69 Å². The fourth-order valence-corrected chi connectivity index (χ4v) is 3.54. The van der Waals surface area contributed by atoms with Gasteiger partial charge in [-0.05, 0) is 19.3 Å². The Morgan fingerprint density at radius 1 is 1.35 bits per heavy atom. The van der Waals surface area contributed by atoms with E-state index in [0.717, 1.165) is 30.3 Å². The van der Waals surface area contributed by atoms with Crippen LogP contribution in [0, 0.1) is 0 Å². The maximum Gasteiger partial charge on any atom is 0.437 e. The highest BCUT2D eigenvalue weighted by atomic mass is 32.2. The van der Waals surface area contributed by atoms with Crippen molar-refractivity contribution in [2.24, 2.45) is 0 Å². The summed E-state index contributed by atoms with van der Waals surface area (Å²) < 4.78 is 43.7. The zero-order valence-electron chi connectivity index (χ0n) is 12.3. The number of aryl methyl sites for hydroxylation is 2. The van der Waals surface area contributed by atoms with Crippen molar-refractivity contribution in [3.63, 3.8) is 0 Å². The van der Waals surface area contributed by atoms with Crippen LogP contribution in [0.15, 0.2) is 14.5 Å². The van der Waals surface area contributed by atoms with Crippen molar-refractivity contribution in [2.45, 2.75) is 49.7 Å². The Bertz CT molecular complexity index is 783. The van der Waals surface area contributed by atoms with Crippen LogP contribution in [-0.4, -0.2) is 15.1 Å². The minimum Gasteiger partial charge on any atom is -0.360 e. The number of hydrogen-bond acceptors (Lipinski definition) is 5. The van der Waals surface area contributed by atoms with E-state index in [4.69, 9.17) is 4.52 Å². The Balaban J connectivity index is 1.85. The lowest BCUT2D eigenvalue weighted by molar-refractivity contribution is -0.143. The van der Waals surface area contributed by atoms with Crippen LogP contribution >= 0.6 is 11.8 Å². The number of nitrogens with zero attached hydrogens (tertiary/aromatic N) is 2. The van der Waals surface area contributed by atoms with Gasteiger partial charge in [-0.15, -0.1) is 0 Å². The molecule has 124 valence electrons. The molecule has 1 aliphatic carbocycles. The van der Waals surface area contributed by atoms with Crippen LogP contribution in [0.25, 0.3) is 0 Å².